The van der Waals surface area contributed by atoms with Gasteiger partial charge < -0.3 is 9.13 Å². The number of nitrogens with zero attached hydrogens (tertiary/aromatic N) is 4. The van der Waals surface area contributed by atoms with Gasteiger partial charge in [0.2, 0.25) is 0 Å². The molecule has 0 aliphatic heterocycles. The summed E-state index contributed by atoms with van der Waals surface area (Å²) in [5, 5.41) is 24.0. The number of halogens is 3. The molecule has 0 radical (unpaired) electrons. The van der Waals surface area contributed by atoms with E-state index in [4.69, 9.17) is 0 Å². The average Bonchev–Trinajstić information content (AvgIpc) is 3.67. The maximum absolute atomic E-state index is 14.7. The third-order valence-corrected chi connectivity index (χ3v) is 10.8. The summed E-state index contributed by atoms with van der Waals surface area (Å²) in [6.45, 7) is 8.24. The Morgan fingerprint density at radius 3 is 1.21 bits per heavy atom. The fourth-order valence-electron chi connectivity index (χ4n) is 8.25. The van der Waals surface area contributed by atoms with Gasteiger partial charge in [0, 0.05) is 32.7 Å². The standard InChI is InChI=1S/C49H33F3N4/c1-28-5-15-43-38(19-28)39-20-29(2)6-16-44(39)55(43)47-24-33(27-54)10-13-36(47)37-14-11-34(35-12-9-32(26-53)23-42(35)49(50,51)52)25-48(37)56-45-17-7-30(3)21-40(45)41-22-31(4)8-18-46(41)56/h5-25H,1-4H3. The Morgan fingerprint density at radius 1 is 0.429 bits per heavy atom. The van der Waals surface area contributed by atoms with E-state index in [0.29, 0.717) is 16.8 Å². The zero-order chi connectivity index (χ0) is 39.0. The Bertz CT molecular complexity index is 3080. The topological polar surface area (TPSA) is 57.4 Å². The predicted molar refractivity (Wildman–Crippen MR) is 219 cm³/mol. The van der Waals surface area contributed by atoms with Gasteiger partial charge in [-0.25, -0.2) is 0 Å². The van der Waals surface area contributed by atoms with Gasteiger partial charge in [-0.3, -0.25) is 0 Å². The third-order valence-electron chi connectivity index (χ3n) is 10.8. The third kappa shape index (κ3) is 5.51. The molecule has 0 unspecified atom stereocenters. The minimum absolute atomic E-state index is 0.0232. The molecule has 0 spiro atoms. The molecule has 2 aromatic heterocycles. The van der Waals surface area contributed by atoms with Crippen molar-refractivity contribution >= 4 is 43.6 Å². The van der Waals surface area contributed by atoms with Crippen molar-refractivity contribution in [2.75, 3.05) is 0 Å². The Hall–Kier alpha value is -7.09. The summed E-state index contributed by atoms with van der Waals surface area (Å²) in [6, 6.07) is 44.2. The van der Waals surface area contributed by atoms with Gasteiger partial charge in [-0.1, -0.05) is 70.8 Å². The molecule has 7 heteroatoms. The lowest BCUT2D eigenvalue weighted by atomic mass is 9.93. The van der Waals surface area contributed by atoms with E-state index >= 15 is 0 Å². The van der Waals surface area contributed by atoms with Gasteiger partial charge in [0.25, 0.3) is 0 Å². The highest BCUT2D eigenvalue weighted by Gasteiger charge is 2.34. The molecule has 0 saturated carbocycles. The molecule has 0 amide bonds. The molecule has 270 valence electrons. The highest BCUT2D eigenvalue weighted by molar-refractivity contribution is 6.12. The number of aryl methyl sites for hydroxylation is 4. The molecule has 9 aromatic rings. The Kier molecular flexibility index (Phi) is 7.90. The molecule has 0 fully saturated rings. The van der Waals surface area contributed by atoms with Gasteiger partial charge in [0.1, 0.15) is 0 Å². The van der Waals surface area contributed by atoms with Crippen molar-refractivity contribution < 1.29 is 13.2 Å². The van der Waals surface area contributed by atoms with E-state index in [1.807, 2.05) is 56.3 Å². The summed E-state index contributed by atoms with van der Waals surface area (Å²) in [7, 11) is 0. The number of nitriles is 2. The van der Waals surface area contributed by atoms with Crippen molar-refractivity contribution in [3.05, 3.63) is 166 Å². The zero-order valence-electron chi connectivity index (χ0n) is 31.0. The molecule has 0 aliphatic carbocycles. The molecule has 4 nitrogen and oxygen atoms in total. The summed E-state index contributed by atoms with van der Waals surface area (Å²) in [4.78, 5) is 0. The minimum atomic E-state index is -4.70. The van der Waals surface area contributed by atoms with Crippen molar-refractivity contribution in [3.8, 4) is 45.8 Å². The number of aromatic nitrogens is 2. The predicted octanol–water partition coefficient (Wildman–Crippen LogP) is 13.2. The van der Waals surface area contributed by atoms with Crippen molar-refractivity contribution in [2.45, 2.75) is 33.9 Å². The van der Waals surface area contributed by atoms with Crippen LogP contribution in [-0.2, 0) is 6.18 Å². The number of hydrogen-bond donors (Lipinski definition) is 0. The van der Waals surface area contributed by atoms with Crippen LogP contribution in [0.1, 0.15) is 38.9 Å². The van der Waals surface area contributed by atoms with E-state index in [-0.39, 0.29) is 11.1 Å². The molecule has 0 N–H and O–H groups in total. The van der Waals surface area contributed by atoms with Crippen molar-refractivity contribution in [3.63, 3.8) is 0 Å². The second kappa shape index (κ2) is 12.8. The Labute approximate surface area is 321 Å². The summed E-state index contributed by atoms with van der Waals surface area (Å²) in [6.07, 6.45) is -4.70. The number of benzene rings is 7. The van der Waals surface area contributed by atoms with Crippen LogP contribution in [0, 0.1) is 50.4 Å². The first kappa shape index (κ1) is 34.7. The molecule has 2 heterocycles. The van der Waals surface area contributed by atoms with E-state index < -0.39 is 11.7 Å². The Balaban J connectivity index is 1.43. The van der Waals surface area contributed by atoms with Crippen LogP contribution in [0.2, 0.25) is 0 Å². The lowest BCUT2D eigenvalue weighted by molar-refractivity contribution is -0.137. The van der Waals surface area contributed by atoms with Crippen LogP contribution < -0.4 is 0 Å². The van der Waals surface area contributed by atoms with Gasteiger partial charge in [0.15, 0.2) is 0 Å². The maximum Gasteiger partial charge on any atom is 0.417 e. The maximum atomic E-state index is 14.7. The number of hydrogen-bond acceptors (Lipinski definition) is 2. The SMILES string of the molecule is Cc1ccc2c(c1)c1cc(C)ccc1n2-c1cc(C#N)ccc1-c1ccc(-c2ccc(C#N)cc2C(F)(F)F)cc1-n1c2ccc(C)cc2c2cc(C)ccc21. The lowest BCUT2D eigenvalue weighted by Crippen LogP contribution is -2.08. The highest BCUT2D eigenvalue weighted by Crippen LogP contribution is 2.44. The molecule has 56 heavy (non-hydrogen) atoms. The largest absolute Gasteiger partial charge is 0.417 e. The van der Waals surface area contributed by atoms with E-state index in [0.717, 1.165) is 88.7 Å². The molecule has 0 saturated heterocycles. The minimum Gasteiger partial charge on any atom is -0.309 e. The molecular formula is C49H33F3N4. The van der Waals surface area contributed by atoms with Crippen LogP contribution in [0.3, 0.4) is 0 Å². The lowest BCUT2D eigenvalue weighted by Gasteiger charge is -2.21. The molecule has 0 bridgehead atoms. The monoisotopic (exact) mass is 734 g/mol. The van der Waals surface area contributed by atoms with Gasteiger partial charge in [0.05, 0.1) is 62.3 Å². The van der Waals surface area contributed by atoms with Crippen LogP contribution in [0.25, 0.3) is 77.2 Å². The molecule has 0 atom stereocenters. The smallest absolute Gasteiger partial charge is 0.309 e. The van der Waals surface area contributed by atoms with E-state index in [1.54, 1.807) is 12.1 Å². The molecule has 0 aliphatic rings. The van der Waals surface area contributed by atoms with Crippen LogP contribution in [-0.4, -0.2) is 9.13 Å². The van der Waals surface area contributed by atoms with E-state index in [1.165, 1.54) is 12.1 Å². The first-order chi connectivity index (χ1) is 26.9. The number of fused-ring (bicyclic) bond motifs is 6. The second-order valence-corrected chi connectivity index (χ2v) is 14.7. The second-order valence-electron chi connectivity index (χ2n) is 14.7. The van der Waals surface area contributed by atoms with Crippen LogP contribution in [0.15, 0.2) is 127 Å². The summed E-state index contributed by atoms with van der Waals surface area (Å²) in [5.41, 5.74) is 11.1. The molecule has 7 aromatic carbocycles. The number of alkyl halides is 3. The molecule has 9 rings (SSSR count). The van der Waals surface area contributed by atoms with Gasteiger partial charge in [-0.15, -0.1) is 0 Å². The quantitative estimate of drug-likeness (QED) is 0.181. The van der Waals surface area contributed by atoms with Crippen molar-refractivity contribution in [2.24, 2.45) is 0 Å². The number of rotatable bonds is 4. The van der Waals surface area contributed by atoms with E-state index in [9.17, 15) is 23.7 Å². The highest BCUT2D eigenvalue weighted by atomic mass is 19.4. The Morgan fingerprint density at radius 2 is 0.804 bits per heavy atom. The summed E-state index contributed by atoms with van der Waals surface area (Å²) in [5.74, 6) is 0. The fourth-order valence-corrected chi connectivity index (χ4v) is 8.25. The average molecular weight is 735 g/mol. The van der Waals surface area contributed by atoms with Crippen LogP contribution in [0.4, 0.5) is 13.2 Å². The normalized spacial score (nSPS) is 11.8. The van der Waals surface area contributed by atoms with Gasteiger partial charge >= 0.3 is 6.18 Å². The van der Waals surface area contributed by atoms with Crippen LogP contribution >= 0.6 is 0 Å². The summed E-state index contributed by atoms with van der Waals surface area (Å²) < 4.78 is 48.4. The van der Waals surface area contributed by atoms with E-state index in [2.05, 4.69) is 89.7 Å². The van der Waals surface area contributed by atoms with Crippen molar-refractivity contribution in [1.82, 2.24) is 9.13 Å². The fraction of sp³-hybridized carbons (Fsp3) is 0.102. The van der Waals surface area contributed by atoms with Gasteiger partial charge in [-0.05, 0) is 118 Å². The van der Waals surface area contributed by atoms with Crippen molar-refractivity contribution in [1.29, 1.82) is 10.5 Å². The van der Waals surface area contributed by atoms with Crippen LogP contribution in [0.5, 0.6) is 0 Å². The van der Waals surface area contributed by atoms with Gasteiger partial charge in [-0.2, -0.15) is 23.7 Å². The first-order valence-corrected chi connectivity index (χ1v) is 18.3. The first-order valence-electron chi connectivity index (χ1n) is 18.3. The molecular weight excluding hydrogens is 702 g/mol. The summed E-state index contributed by atoms with van der Waals surface area (Å²) >= 11 is 0. The zero-order valence-corrected chi connectivity index (χ0v) is 31.0.